The Kier molecular flexibility index (Phi) is 8.38. The molecule has 266 valence electrons. The Morgan fingerprint density at radius 1 is 0.429 bits per heavy atom. The van der Waals surface area contributed by atoms with E-state index in [-0.39, 0.29) is 5.41 Å². The predicted octanol–water partition coefficient (Wildman–Crippen LogP) is 12.4. The molecule has 0 atom stereocenters. The van der Waals surface area contributed by atoms with Crippen molar-refractivity contribution in [3.63, 3.8) is 0 Å². The molecule has 5 nitrogen and oxygen atoms in total. The summed E-state index contributed by atoms with van der Waals surface area (Å²) >= 11 is 0. The quantitative estimate of drug-likeness (QED) is 0.171. The Bertz CT molecular complexity index is 2760. The minimum atomic E-state index is -0.0160. The predicted molar refractivity (Wildman–Crippen MR) is 224 cm³/mol. The van der Waals surface area contributed by atoms with Crippen LogP contribution in [0.1, 0.15) is 48.8 Å². The van der Waals surface area contributed by atoms with Gasteiger partial charge >= 0.3 is 0 Å². The lowest BCUT2D eigenvalue weighted by atomic mass is 9.67. The second-order valence-corrected chi connectivity index (χ2v) is 14.9. The van der Waals surface area contributed by atoms with Crippen molar-refractivity contribution >= 4 is 0 Å². The standard InChI is InChI=1S/C51H37N5/c52-32-34-14-24-44-45-25-23-42(31-47(45)51(46(44)29-34)26-5-2-6-27-51)41-12-7-11-40(30-41)35-15-19-38(20-16-35)49-54-48(37-9-3-1-4-10-37)55-50(56-49)39-21-17-36(18-22-39)43-13-8-28-53-33-43/h1,3-4,7-25,28-31,33H,2,5-6,26-27H2. The first-order chi connectivity index (χ1) is 27.6. The van der Waals surface area contributed by atoms with Crippen LogP contribution in [-0.4, -0.2) is 19.9 Å². The van der Waals surface area contributed by atoms with Crippen molar-refractivity contribution in [2.75, 3.05) is 0 Å². The zero-order valence-corrected chi connectivity index (χ0v) is 30.9. The van der Waals surface area contributed by atoms with Crippen molar-refractivity contribution < 1.29 is 0 Å². The molecule has 2 aliphatic rings. The molecule has 56 heavy (non-hydrogen) atoms. The summed E-state index contributed by atoms with van der Waals surface area (Å²) in [4.78, 5) is 19.2. The molecule has 2 aliphatic carbocycles. The minimum Gasteiger partial charge on any atom is -0.264 e. The van der Waals surface area contributed by atoms with Crippen LogP contribution in [0.3, 0.4) is 0 Å². The summed E-state index contributed by atoms with van der Waals surface area (Å²) in [6, 6.07) is 55.4. The molecule has 0 aliphatic heterocycles. The number of nitrogens with zero attached hydrogens (tertiary/aromatic N) is 5. The molecule has 2 aromatic heterocycles. The van der Waals surface area contributed by atoms with Crippen LogP contribution in [0.25, 0.3) is 78.7 Å². The molecule has 0 bridgehead atoms. The largest absolute Gasteiger partial charge is 0.264 e. The topological polar surface area (TPSA) is 75.3 Å². The van der Waals surface area contributed by atoms with E-state index in [2.05, 4.69) is 120 Å². The van der Waals surface area contributed by atoms with Crippen molar-refractivity contribution in [3.8, 4) is 84.7 Å². The first-order valence-electron chi connectivity index (χ1n) is 19.4. The molecule has 1 fully saturated rings. The second-order valence-electron chi connectivity index (χ2n) is 14.9. The van der Waals surface area contributed by atoms with Crippen molar-refractivity contribution in [2.45, 2.75) is 37.5 Å². The third-order valence-electron chi connectivity index (χ3n) is 11.7. The third-order valence-corrected chi connectivity index (χ3v) is 11.7. The number of hydrogen-bond donors (Lipinski definition) is 0. The van der Waals surface area contributed by atoms with Crippen LogP contribution < -0.4 is 0 Å². The second kappa shape index (κ2) is 14.0. The van der Waals surface area contributed by atoms with Gasteiger partial charge in [-0.1, -0.05) is 141 Å². The summed E-state index contributed by atoms with van der Waals surface area (Å²) in [6.45, 7) is 0. The molecule has 8 aromatic rings. The molecule has 1 saturated carbocycles. The highest BCUT2D eigenvalue weighted by Crippen LogP contribution is 2.56. The van der Waals surface area contributed by atoms with Crippen LogP contribution in [0, 0.1) is 11.3 Å². The summed E-state index contributed by atoms with van der Waals surface area (Å²) in [5.74, 6) is 1.89. The van der Waals surface area contributed by atoms with Gasteiger partial charge in [-0.25, -0.2) is 15.0 Å². The van der Waals surface area contributed by atoms with Crippen LogP contribution in [0.15, 0.2) is 164 Å². The molecular formula is C51H37N5. The number of rotatable bonds is 6. The number of fused-ring (bicyclic) bond motifs is 5. The van der Waals surface area contributed by atoms with Crippen LogP contribution in [0.4, 0.5) is 0 Å². The summed E-state index contributed by atoms with van der Waals surface area (Å²) in [5, 5.41) is 9.74. The van der Waals surface area contributed by atoms with E-state index in [1.807, 2.05) is 48.7 Å². The van der Waals surface area contributed by atoms with Crippen molar-refractivity contribution in [1.29, 1.82) is 5.26 Å². The van der Waals surface area contributed by atoms with Gasteiger partial charge in [0, 0.05) is 34.5 Å². The molecule has 0 radical (unpaired) electrons. The van der Waals surface area contributed by atoms with Gasteiger partial charge in [0.15, 0.2) is 17.5 Å². The van der Waals surface area contributed by atoms with Crippen molar-refractivity contribution in [1.82, 2.24) is 19.9 Å². The Balaban J connectivity index is 0.975. The molecule has 0 N–H and O–H groups in total. The highest BCUT2D eigenvalue weighted by molar-refractivity contribution is 5.85. The summed E-state index contributed by atoms with van der Waals surface area (Å²) in [6.07, 6.45) is 9.61. The Morgan fingerprint density at radius 2 is 0.929 bits per heavy atom. The Morgan fingerprint density at radius 3 is 1.55 bits per heavy atom. The number of hydrogen-bond acceptors (Lipinski definition) is 5. The van der Waals surface area contributed by atoms with E-state index in [1.54, 1.807) is 6.20 Å². The first kappa shape index (κ1) is 33.5. The molecule has 0 amide bonds. The molecular weight excluding hydrogens is 683 g/mol. The van der Waals surface area contributed by atoms with Crippen LogP contribution >= 0.6 is 0 Å². The maximum atomic E-state index is 9.74. The minimum absolute atomic E-state index is 0.0160. The van der Waals surface area contributed by atoms with Crippen molar-refractivity contribution in [3.05, 3.63) is 181 Å². The normalized spacial score (nSPS) is 13.8. The lowest BCUT2D eigenvalue weighted by molar-refractivity contribution is 0.353. The van der Waals surface area contributed by atoms with E-state index in [9.17, 15) is 5.26 Å². The van der Waals surface area contributed by atoms with Gasteiger partial charge in [0.25, 0.3) is 0 Å². The van der Waals surface area contributed by atoms with Crippen LogP contribution in [-0.2, 0) is 5.41 Å². The third kappa shape index (κ3) is 5.97. The fourth-order valence-corrected chi connectivity index (χ4v) is 8.82. The van der Waals surface area contributed by atoms with E-state index >= 15 is 0 Å². The number of pyridine rings is 1. The summed E-state index contributed by atoms with van der Waals surface area (Å²) < 4.78 is 0. The Labute approximate surface area is 327 Å². The van der Waals surface area contributed by atoms with Gasteiger partial charge in [-0.3, -0.25) is 4.98 Å². The number of nitriles is 1. The molecule has 1 spiro atoms. The average Bonchev–Trinajstić information content (AvgIpc) is 3.54. The highest BCUT2D eigenvalue weighted by atomic mass is 15.0. The summed E-state index contributed by atoms with van der Waals surface area (Å²) in [7, 11) is 0. The van der Waals surface area contributed by atoms with Crippen LogP contribution in [0.5, 0.6) is 0 Å². The van der Waals surface area contributed by atoms with Crippen LogP contribution in [0.2, 0.25) is 0 Å². The highest BCUT2D eigenvalue weighted by Gasteiger charge is 2.44. The zero-order valence-electron chi connectivity index (χ0n) is 30.9. The number of aromatic nitrogens is 4. The fraction of sp³-hybridized carbons (Fsp3) is 0.118. The van der Waals surface area contributed by atoms with Gasteiger partial charge < -0.3 is 0 Å². The van der Waals surface area contributed by atoms with E-state index in [0.717, 1.165) is 57.3 Å². The zero-order chi connectivity index (χ0) is 37.5. The smallest absolute Gasteiger partial charge is 0.164 e. The van der Waals surface area contributed by atoms with Gasteiger partial charge in [0.1, 0.15) is 0 Å². The van der Waals surface area contributed by atoms with Crippen molar-refractivity contribution in [2.24, 2.45) is 0 Å². The van der Waals surface area contributed by atoms with Gasteiger partial charge in [0.05, 0.1) is 11.6 Å². The molecule has 6 aromatic carbocycles. The van der Waals surface area contributed by atoms with E-state index in [1.165, 1.54) is 52.6 Å². The van der Waals surface area contributed by atoms with Gasteiger partial charge in [0.2, 0.25) is 0 Å². The molecule has 2 heterocycles. The molecule has 0 unspecified atom stereocenters. The monoisotopic (exact) mass is 719 g/mol. The van der Waals surface area contributed by atoms with Gasteiger partial charge in [-0.2, -0.15) is 5.26 Å². The van der Waals surface area contributed by atoms with E-state index in [4.69, 9.17) is 15.0 Å². The van der Waals surface area contributed by atoms with Gasteiger partial charge in [-0.15, -0.1) is 0 Å². The average molecular weight is 720 g/mol. The lowest BCUT2D eigenvalue weighted by Gasteiger charge is -2.36. The van der Waals surface area contributed by atoms with E-state index < -0.39 is 0 Å². The first-order valence-corrected chi connectivity index (χ1v) is 19.4. The van der Waals surface area contributed by atoms with Gasteiger partial charge in [-0.05, 0) is 98.8 Å². The lowest BCUT2D eigenvalue weighted by Crippen LogP contribution is -2.28. The number of benzene rings is 6. The molecule has 10 rings (SSSR count). The maximum absolute atomic E-state index is 9.74. The fourth-order valence-electron chi connectivity index (χ4n) is 8.82. The SMILES string of the molecule is N#Cc1ccc2c(c1)C1(CCCCC1)c1cc(-c3cccc(-c4ccc(-c5nc(-c6ccccc6)nc(-c6ccc(-c7cccnc7)cc6)n5)cc4)c3)ccc1-2. The van der Waals surface area contributed by atoms with E-state index in [0.29, 0.717) is 17.5 Å². The summed E-state index contributed by atoms with van der Waals surface area (Å²) in [5.41, 5.74) is 15.7. The molecule has 5 heteroatoms. The maximum Gasteiger partial charge on any atom is 0.164 e. The molecule has 0 saturated heterocycles. The Hall–Kier alpha value is -7.03.